The van der Waals surface area contributed by atoms with Gasteiger partial charge in [0.2, 0.25) is 0 Å². The molecule has 2 N–H and O–H groups in total. The Bertz CT molecular complexity index is 429. The van der Waals surface area contributed by atoms with E-state index in [1.54, 1.807) is 26.4 Å². The number of nitrogens with zero attached hydrogens (tertiary/aromatic N) is 1. The summed E-state index contributed by atoms with van der Waals surface area (Å²) >= 11 is 0. The molecule has 5 nitrogen and oxygen atoms in total. The Balaban J connectivity index is 2.40. The van der Waals surface area contributed by atoms with Gasteiger partial charge in [0, 0.05) is 13.7 Å². The second-order valence-electron chi connectivity index (χ2n) is 4.22. The third-order valence-corrected chi connectivity index (χ3v) is 2.73. The second-order valence-corrected chi connectivity index (χ2v) is 4.22. The second kappa shape index (κ2) is 8.48. The van der Waals surface area contributed by atoms with Gasteiger partial charge >= 0.3 is 0 Å². The van der Waals surface area contributed by atoms with Crippen molar-refractivity contribution < 1.29 is 14.6 Å². The molecule has 0 bridgehead atoms. The minimum absolute atomic E-state index is 0.350. The fourth-order valence-corrected chi connectivity index (χ4v) is 1.73. The summed E-state index contributed by atoms with van der Waals surface area (Å²) in [5, 5.41) is 21.7. The van der Waals surface area contributed by atoms with Crippen molar-refractivity contribution in [2.75, 3.05) is 27.4 Å². The quantitative estimate of drug-likeness (QED) is 0.687. The maximum Gasteiger partial charge on any atom is 0.136 e. The summed E-state index contributed by atoms with van der Waals surface area (Å²) in [4.78, 5) is 0. The van der Waals surface area contributed by atoms with Crippen molar-refractivity contribution in [3.8, 4) is 11.8 Å². The van der Waals surface area contributed by atoms with Crippen LogP contribution in [0.4, 0.5) is 0 Å². The number of hydrogen-bond donors (Lipinski definition) is 2. The van der Waals surface area contributed by atoms with Crippen LogP contribution < -0.4 is 10.1 Å². The Kier molecular flexibility index (Phi) is 6.90. The minimum Gasteiger partial charge on any atom is -0.495 e. The molecule has 5 heteroatoms. The van der Waals surface area contributed by atoms with Gasteiger partial charge in [-0.05, 0) is 30.7 Å². The lowest BCUT2D eigenvalue weighted by molar-refractivity contribution is 0.0594. The van der Waals surface area contributed by atoms with Gasteiger partial charge in [0.25, 0.3) is 0 Å². The fraction of sp³-hybridized carbons (Fsp3) is 0.500. The average molecular weight is 264 g/mol. The van der Waals surface area contributed by atoms with Gasteiger partial charge in [0.05, 0.1) is 25.4 Å². The molecule has 104 valence electrons. The lowest BCUT2D eigenvalue weighted by Gasteiger charge is -2.10. The molecule has 1 unspecified atom stereocenters. The van der Waals surface area contributed by atoms with E-state index in [9.17, 15) is 5.11 Å². The summed E-state index contributed by atoms with van der Waals surface area (Å²) in [5.74, 6) is 0.585. The van der Waals surface area contributed by atoms with Crippen molar-refractivity contribution in [3.63, 3.8) is 0 Å². The SMILES string of the molecule is COCC(O)CCNCc1ccc(OC)c(C#N)c1. The molecule has 0 aliphatic carbocycles. The van der Waals surface area contributed by atoms with E-state index in [0.29, 0.717) is 37.4 Å². The first-order chi connectivity index (χ1) is 9.21. The molecule has 0 aliphatic heterocycles. The molecule has 0 fully saturated rings. The van der Waals surface area contributed by atoms with Crippen molar-refractivity contribution in [1.29, 1.82) is 5.26 Å². The molecule has 0 saturated carbocycles. The highest BCUT2D eigenvalue weighted by atomic mass is 16.5. The lowest BCUT2D eigenvalue weighted by atomic mass is 10.1. The van der Waals surface area contributed by atoms with Crippen LogP contribution in [0.5, 0.6) is 5.75 Å². The first-order valence-electron chi connectivity index (χ1n) is 6.16. The monoisotopic (exact) mass is 264 g/mol. The molecule has 0 amide bonds. The van der Waals surface area contributed by atoms with E-state index in [-0.39, 0.29) is 0 Å². The van der Waals surface area contributed by atoms with Gasteiger partial charge in [-0.2, -0.15) is 5.26 Å². The summed E-state index contributed by atoms with van der Waals surface area (Å²) in [6.45, 7) is 1.69. The van der Waals surface area contributed by atoms with Crippen LogP contribution in [-0.4, -0.2) is 38.6 Å². The van der Waals surface area contributed by atoms with Gasteiger partial charge in [0.1, 0.15) is 11.8 Å². The van der Waals surface area contributed by atoms with E-state index in [2.05, 4.69) is 11.4 Å². The van der Waals surface area contributed by atoms with Crippen molar-refractivity contribution in [1.82, 2.24) is 5.32 Å². The first kappa shape index (κ1) is 15.4. The number of ether oxygens (including phenoxy) is 2. The highest BCUT2D eigenvalue weighted by Gasteiger charge is 2.05. The zero-order chi connectivity index (χ0) is 14.1. The molecule has 1 aromatic rings. The lowest BCUT2D eigenvalue weighted by Crippen LogP contribution is -2.23. The molecule has 1 aromatic carbocycles. The zero-order valence-corrected chi connectivity index (χ0v) is 11.3. The standard InChI is InChI=1S/C14H20N2O3/c1-18-10-13(17)5-6-16-9-11-3-4-14(19-2)12(7-11)8-15/h3-4,7,13,16-17H,5-6,9-10H2,1-2H3. The van der Waals surface area contributed by atoms with E-state index in [1.165, 1.54) is 0 Å². The predicted molar refractivity (Wildman–Crippen MR) is 71.9 cm³/mol. The molecule has 0 aromatic heterocycles. The minimum atomic E-state index is -0.442. The molecule has 1 atom stereocenters. The Hall–Kier alpha value is -1.61. The Morgan fingerprint density at radius 1 is 1.42 bits per heavy atom. The molecule has 0 radical (unpaired) electrons. The Morgan fingerprint density at radius 3 is 2.84 bits per heavy atom. The van der Waals surface area contributed by atoms with Gasteiger partial charge in [-0.25, -0.2) is 0 Å². The molecule has 19 heavy (non-hydrogen) atoms. The molecule has 0 aliphatic rings. The average Bonchev–Trinajstić information content (AvgIpc) is 2.43. The van der Waals surface area contributed by atoms with Crippen LogP contribution in [0.2, 0.25) is 0 Å². The van der Waals surface area contributed by atoms with Crippen LogP contribution in [0.15, 0.2) is 18.2 Å². The third-order valence-electron chi connectivity index (χ3n) is 2.73. The summed E-state index contributed by atoms with van der Waals surface area (Å²) < 4.78 is 9.93. The molecule has 0 spiro atoms. The van der Waals surface area contributed by atoms with Crippen LogP contribution in [0.1, 0.15) is 17.5 Å². The number of aliphatic hydroxyl groups is 1. The molecule has 1 rings (SSSR count). The Morgan fingerprint density at radius 2 is 2.21 bits per heavy atom. The van der Waals surface area contributed by atoms with Gasteiger partial charge in [-0.15, -0.1) is 0 Å². The zero-order valence-electron chi connectivity index (χ0n) is 11.3. The third kappa shape index (κ3) is 5.26. The summed E-state index contributed by atoms with van der Waals surface area (Å²) in [7, 11) is 3.11. The molecule has 0 saturated heterocycles. The van der Waals surface area contributed by atoms with E-state index in [1.807, 2.05) is 6.07 Å². The van der Waals surface area contributed by atoms with Crippen LogP contribution in [0.3, 0.4) is 0 Å². The van der Waals surface area contributed by atoms with Gasteiger partial charge in [-0.1, -0.05) is 6.07 Å². The number of hydrogen-bond acceptors (Lipinski definition) is 5. The van der Waals surface area contributed by atoms with Crippen molar-refractivity contribution in [2.45, 2.75) is 19.1 Å². The van der Waals surface area contributed by atoms with Crippen LogP contribution in [0.25, 0.3) is 0 Å². The summed E-state index contributed by atoms with van der Waals surface area (Å²) in [6, 6.07) is 7.61. The van der Waals surface area contributed by atoms with E-state index in [4.69, 9.17) is 14.7 Å². The van der Waals surface area contributed by atoms with Crippen LogP contribution in [0, 0.1) is 11.3 Å². The predicted octanol–water partition coefficient (Wildman–Crippen LogP) is 1.05. The molecule has 0 heterocycles. The maximum absolute atomic E-state index is 9.47. The highest BCUT2D eigenvalue weighted by molar-refractivity contribution is 5.45. The number of benzene rings is 1. The largest absolute Gasteiger partial charge is 0.495 e. The van der Waals surface area contributed by atoms with E-state index in [0.717, 1.165) is 5.56 Å². The van der Waals surface area contributed by atoms with Crippen molar-refractivity contribution in [2.24, 2.45) is 0 Å². The maximum atomic E-state index is 9.47. The normalized spacial score (nSPS) is 11.9. The van der Waals surface area contributed by atoms with Crippen LogP contribution in [-0.2, 0) is 11.3 Å². The number of nitrogens with one attached hydrogen (secondary N) is 1. The summed E-state index contributed by atoms with van der Waals surface area (Å²) in [5.41, 5.74) is 1.54. The van der Waals surface area contributed by atoms with Crippen LogP contribution >= 0.6 is 0 Å². The number of aliphatic hydroxyl groups excluding tert-OH is 1. The van der Waals surface area contributed by atoms with Crippen molar-refractivity contribution in [3.05, 3.63) is 29.3 Å². The van der Waals surface area contributed by atoms with Gasteiger partial charge in [-0.3, -0.25) is 0 Å². The number of nitriles is 1. The van der Waals surface area contributed by atoms with Crippen molar-refractivity contribution >= 4 is 0 Å². The highest BCUT2D eigenvalue weighted by Crippen LogP contribution is 2.18. The number of methoxy groups -OCH3 is 2. The fourth-order valence-electron chi connectivity index (χ4n) is 1.73. The Labute approximate surface area is 113 Å². The van der Waals surface area contributed by atoms with E-state index < -0.39 is 6.10 Å². The smallest absolute Gasteiger partial charge is 0.136 e. The molecular weight excluding hydrogens is 244 g/mol. The first-order valence-corrected chi connectivity index (χ1v) is 6.16. The topological polar surface area (TPSA) is 74.5 Å². The number of rotatable bonds is 8. The van der Waals surface area contributed by atoms with Gasteiger partial charge in [0.15, 0.2) is 0 Å². The van der Waals surface area contributed by atoms with E-state index >= 15 is 0 Å². The van der Waals surface area contributed by atoms with Gasteiger partial charge < -0.3 is 19.9 Å². The summed E-state index contributed by atoms with van der Waals surface area (Å²) in [6.07, 6.45) is 0.192. The molecular formula is C14H20N2O3.